The van der Waals surface area contributed by atoms with Gasteiger partial charge in [-0.25, -0.2) is 0 Å². The first-order valence-corrected chi connectivity index (χ1v) is 8.87. The maximum Gasteiger partial charge on any atom is 0.269 e. The lowest BCUT2D eigenvalue weighted by atomic mass is 10.1. The summed E-state index contributed by atoms with van der Waals surface area (Å²) in [6, 6.07) is 22.6. The van der Waals surface area contributed by atoms with Gasteiger partial charge >= 0.3 is 0 Å². The number of ether oxygens (including phenoxy) is 2. The van der Waals surface area contributed by atoms with Crippen LogP contribution in [0.25, 0.3) is 10.8 Å². The standard InChI is InChI=1S/C22H14N2O6/c25-23(26)15-5-9-17(10-6-15)29-21-13-14-22(20-4-2-1-3-19(20)21)30-18-11-7-16(8-12-18)24(27)28/h1-14H. The van der Waals surface area contributed by atoms with Crippen LogP contribution < -0.4 is 9.47 Å². The molecule has 0 atom stereocenters. The minimum Gasteiger partial charge on any atom is -0.457 e. The molecule has 30 heavy (non-hydrogen) atoms. The van der Waals surface area contributed by atoms with Crippen LogP contribution >= 0.6 is 0 Å². The van der Waals surface area contributed by atoms with E-state index in [4.69, 9.17) is 9.47 Å². The minimum atomic E-state index is -0.469. The van der Waals surface area contributed by atoms with E-state index < -0.39 is 9.85 Å². The molecule has 0 amide bonds. The first-order valence-electron chi connectivity index (χ1n) is 8.87. The lowest BCUT2D eigenvalue weighted by Crippen LogP contribution is -1.91. The van der Waals surface area contributed by atoms with Crippen molar-refractivity contribution in [1.29, 1.82) is 0 Å². The molecule has 0 N–H and O–H groups in total. The molecule has 8 heteroatoms. The molecule has 0 fully saturated rings. The average molecular weight is 402 g/mol. The third-order valence-corrected chi connectivity index (χ3v) is 4.39. The molecule has 0 aliphatic rings. The zero-order valence-corrected chi connectivity index (χ0v) is 15.4. The van der Waals surface area contributed by atoms with Crippen LogP contribution in [0, 0.1) is 20.2 Å². The van der Waals surface area contributed by atoms with Crippen molar-refractivity contribution < 1.29 is 19.3 Å². The van der Waals surface area contributed by atoms with Crippen molar-refractivity contribution in [2.75, 3.05) is 0 Å². The summed E-state index contributed by atoms with van der Waals surface area (Å²) in [7, 11) is 0. The van der Waals surface area contributed by atoms with E-state index in [1.54, 1.807) is 12.1 Å². The highest BCUT2D eigenvalue weighted by Crippen LogP contribution is 2.37. The van der Waals surface area contributed by atoms with Gasteiger partial charge in [-0.15, -0.1) is 0 Å². The Morgan fingerprint density at radius 1 is 0.533 bits per heavy atom. The normalized spacial score (nSPS) is 10.5. The Balaban J connectivity index is 1.64. The molecular formula is C22H14N2O6. The Morgan fingerprint density at radius 2 is 0.900 bits per heavy atom. The van der Waals surface area contributed by atoms with Crippen LogP contribution in [-0.4, -0.2) is 9.85 Å². The Kier molecular flexibility index (Phi) is 4.96. The van der Waals surface area contributed by atoms with E-state index in [-0.39, 0.29) is 11.4 Å². The molecule has 4 rings (SSSR count). The van der Waals surface area contributed by atoms with Gasteiger partial charge in [-0.1, -0.05) is 24.3 Å². The number of nitrogens with zero attached hydrogens (tertiary/aromatic N) is 2. The number of hydrogen-bond acceptors (Lipinski definition) is 6. The average Bonchev–Trinajstić information content (AvgIpc) is 2.76. The minimum absolute atomic E-state index is 0.0148. The molecule has 0 saturated carbocycles. The van der Waals surface area contributed by atoms with E-state index in [0.717, 1.165) is 10.8 Å². The predicted molar refractivity (Wildman–Crippen MR) is 110 cm³/mol. The van der Waals surface area contributed by atoms with Crippen molar-refractivity contribution in [3.8, 4) is 23.0 Å². The van der Waals surface area contributed by atoms with Crippen LogP contribution in [-0.2, 0) is 0 Å². The van der Waals surface area contributed by atoms with Crippen LogP contribution in [0.2, 0.25) is 0 Å². The van der Waals surface area contributed by atoms with Gasteiger partial charge in [0.2, 0.25) is 0 Å². The first kappa shape index (κ1) is 18.9. The fourth-order valence-electron chi connectivity index (χ4n) is 2.95. The number of fused-ring (bicyclic) bond motifs is 1. The molecule has 8 nitrogen and oxygen atoms in total. The molecule has 0 heterocycles. The van der Waals surface area contributed by atoms with Gasteiger partial charge in [0.15, 0.2) is 0 Å². The second-order valence-corrected chi connectivity index (χ2v) is 6.31. The monoisotopic (exact) mass is 402 g/mol. The molecule has 4 aromatic rings. The maximum absolute atomic E-state index is 10.8. The van der Waals surface area contributed by atoms with Gasteiger partial charge in [0.25, 0.3) is 11.4 Å². The molecule has 0 aliphatic heterocycles. The number of rotatable bonds is 6. The molecule has 0 unspecified atom stereocenters. The quantitative estimate of drug-likeness (QED) is 0.279. The molecule has 0 spiro atoms. The summed E-state index contributed by atoms with van der Waals surface area (Å²) in [6.07, 6.45) is 0. The van der Waals surface area contributed by atoms with Gasteiger partial charge in [0.05, 0.1) is 9.85 Å². The molecule has 0 aliphatic carbocycles. The van der Waals surface area contributed by atoms with Gasteiger partial charge < -0.3 is 9.47 Å². The molecule has 0 saturated heterocycles. The maximum atomic E-state index is 10.8. The molecular weight excluding hydrogens is 388 g/mol. The summed E-state index contributed by atoms with van der Waals surface area (Å²) in [5, 5.41) is 23.2. The third-order valence-electron chi connectivity index (χ3n) is 4.39. The highest BCUT2D eigenvalue weighted by atomic mass is 16.6. The molecule has 0 bridgehead atoms. The molecule has 4 aromatic carbocycles. The van der Waals surface area contributed by atoms with Crippen LogP contribution in [0.4, 0.5) is 11.4 Å². The molecule has 148 valence electrons. The smallest absolute Gasteiger partial charge is 0.269 e. The van der Waals surface area contributed by atoms with Crippen molar-refractivity contribution in [2.45, 2.75) is 0 Å². The van der Waals surface area contributed by atoms with E-state index >= 15 is 0 Å². The summed E-state index contributed by atoms with van der Waals surface area (Å²) < 4.78 is 11.8. The van der Waals surface area contributed by atoms with Crippen molar-refractivity contribution in [2.24, 2.45) is 0 Å². The number of nitro groups is 2. The van der Waals surface area contributed by atoms with Crippen molar-refractivity contribution in [3.05, 3.63) is 105 Å². The summed E-state index contributed by atoms with van der Waals surface area (Å²) in [5.74, 6) is 2.07. The van der Waals surface area contributed by atoms with Gasteiger partial charge in [-0.2, -0.15) is 0 Å². The van der Waals surface area contributed by atoms with Crippen molar-refractivity contribution >= 4 is 22.1 Å². The van der Waals surface area contributed by atoms with Crippen molar-refractivity contribution in [1.82, 2.24) is 0 Å². The van der Waals surface area contributed by atoms with Crippen LogP contribution in [0.15, 0.2) is 84.9 Å². The number of benzene rings is 4. The Hall–Kier alpha value is -4.46. The largest absolute Gasteiger partial charge is 0.457 e. The summed E-state index contributed by atoms with van der Waals surface area (Å²) in [4.78, 5) is 20.7. The fraction of sp³-hybridized carbons (Fsp3) is 0. The number of non-ortho nitro benzene ring substituents is 2. The van der Waals surface area contributed by atoms with Crippen LogP contribution in [0.1, 0.15) is 0 Å². The van der Waals surface area contributed by atoms with Gasteiger partial charge in [-0.3, -0.25) is 20.2 Å². The first-order chi connectivity index (χ1) is 14.5. The third kappa shape index (κ3) is 3.88. The summed E-state index contributed by atoms with van der Waals surface area (Å²) in [5.41, 5.74) is -0.0295. The van der Waals surface area contributed by atoms with Crippen molar-refractivity contribution in [3.63, 3.8) is 0 Å². The fourth-order valence-corrected chi connectivity index (χ4v) is 2.95. The van der Waals surface area contributed by atoms with Gasteiger partial charge in [-0.05, 0) is 36.4 Å². The lowest BCUT2D eigenvalue weighted by Gasteiger charge is -2.13. The summed E-state index contributed by atoms with van der Waals surface area (Å²) >= 11 is 0. The van der Waals surface area contributed by atoms with Gasteiger partial charge in [0, 0.05) is 35.0 Å². The number of hydrogen-bond donors (Lipinski definition) is 0. The lowest BCUT2D eigenvalue weighted by molar-refractivity contribution is -0.385. The Labute approximate surface area is 170 Å². The topological polar surface area (TPSA) is 105 Å². The summed E-state index contributed by atoms with van der Waals surface area (Å²) in [6.45, 7) is 0. The SMILES string of the molecule is O=[N+]([O-])c1ccc(Oc2ccc(Oc3ccc([N+](=O)[O-])cc3)c3ccccc23)cc1. The van der Waals surface area contributed by atoms with E-state index in [0.29, 0.717) is 23.0 Å². The Morgan fingerprint density at radius 3 is 1.23 bits per heavy atom. The van der Waals surface area contributed by atoms with E-state index in [1.807, 2.05) is 24.3 Å². The molecule has 0 aromatic heterocycles. The molecule has 0 radical (unpaired) electrons. The second-order valence-electron chi connectivity index (χ2n) is 6.31. The van der Waals surface area contributed by atoms with E-state index in [2.05, 4.69) is 0 Å². The highest BCUT2D eigenvalue weighted by Gasteiger charge is 2.12. The van der Waals surface area contributed by atoms with Crippen LogP contribution in [0.3, 0.4) is 0 Å². The zero-order chi connectivity index (χ0) is 21.1. The van der Waals surface area contributed by atoms with E-state index in [9.17, 15) is 20.2 Å². The van der Waals surface area contributed by atoms with E-state index in [1.165, 1.54) is 48.5 Å². The predicted octanol–water partition coefficient (Wildman–Crippen LogP) is 6.24. The van der Waals surface area contributed by atoms with Gasteiger partial charge in [0.1, 0.15) is 23.0 Å². The highest BCUT2D eigenvalue weighted by molar-refractivity contribution is 5.93. The van der Waals surface area contributed by atoms with Crippen LogP contribution in [0.5, 0.6) is 23.0 Å². The number of nitro benzene ring substituents is 2. The Bertz CT molecular complexity index is 1140. The zero-order valence-electron chi connectivity index (χ0n) is 15.4. The second kappa shape index (κ2) is 7.88.